The Morgan fingerprint density at radius 2 is 1.85 bits per heavy atom. The zero-order chi connectivity index (χ0) is 15.3. The van der Waals surface area contributed by atoms with E-state index >= 15 is 0 Å². The molecule has 106 valence electrons. The van der Waals surface area contributed by atoms with Gasteiger partial charge in [-0.05, 0) is 6.07 Å². The highest BCUT2D eigenvalue weighted by molar-refractivity contribution is 5.95. The molecule has 0 atom stereocenters. The van der Waals surface area contributed by atoms with E-state index in [0.29, 0.717) is 12.1 Å². The van der Waals surface area contributed by atoms with E-state index in [1.165, 1.54) is 12.2 Å². The Kier molecular flexibility index (Phi) is 5.08. The van der Waals surface area contributed by atoms with Gasteiger partial charge in [0, 0.05) is 13.1 Å². The summed E-state index contributed by atoms with van der Waals surface area (Å²) in [5.41, 5.74) is -1.77. The van der Waals surface area contributed by atoms with Crippen molar-refractivity contribution in [3.05, 3.63) is 64.8 Å². The molecule has 1 rings (SSSR count). The zero-order valence-electron chi connectivity index (χ0n) is 10.5. The average Bonchev–Trinajstić information content (AvgIpc) is 2.39. The molecule has 0 saturated carbocycles. The van der Waals surface area contributed by atoms with Crippen LogP contribution in [0.2, 0.25) is 0 Å². The molecule has 0 aliphatic heterocycles. The predicted octanol–water partition coefficient (Wildman–Crippen LogP) is 2.69. The highest BCUT2D eigenvalue weighted by Crippen LogP contribution is 2.23. The second-order valence-electron chi connectivity index (χ2n) is 3.83. The van der Waals surface area contributed by atoms with E-state index in [9.17, 15) is 23.7 Å². The first-order valence-electron chi connectivity index (χ1n) is 5.56. The van der Waals surface area contributed by atoms with E-state index < -0.39 is 33.7 Å². The lowest BCUT2D eigenvalue weighted by Crippen LogP contribution is -2.32. The van der Waals surface area contributed by atoms with Crippen LogP contribution in [0.4, 0.5) is 14.5 Å². The van der Waals surface area contributed by atoms with Gasteiger partial charge in [0.25, 0.3) is 5.91 Å². The maximum atomic E-state index is 13.9. The summed E-state index contributed by atoms with van der Waals surface area (Å²) in [4.78, 5) is 22.7. The fourth-order valence-electron chi connectivity index (χ4n) is 1.59. The van der Waals surface area contributed by atoms with Gasteiger partial charge in [0.2, 0.25) is 5.82 Å². The number of nitro groups is 1. The van der Waals surface area contributed by atoms with Crippen LogP contribution in [0, 0.1) is 21.7 Å². The molecular formula is C13H12F2N2O3. The fourth-order valence-corrected chi connectivity index (χ4v) is 1.59. The molecule has 5 nitrogen and oxygen atoms in total. The SMILES string of the molecule is C=CCN(CC=C)C(=O)c1cc(F)cc([N+](=O)[O-])c1F. The number of hydrogen-bond acceptors (Lipinski definition) is 3. The number of benzene rings is 1. The first-order chi connectivity index (χ1) is 9.42. The van der Waals surface area contributed by atoms with Gasteiger partial charge in [-0.2, -0.15) is 4.39 Å². The molecule has 0 aliphatic rings. The van der Waals surface area contributed by atoms with Gasteiger partial charge in [-0.1, -0.05) is 12.2 Å². The molecule has 1 aromatic rings. The maximum absolute atomic E-state index is 13.9. The van der Waals surface area contributed by atoms with Gasteiger partial charge in [-0.25, -0.2) is 4.39 Å². The standard InChI is InChI=1S/C13H12F2N2O3/c1-3-5-16(6-4-2)13(18)10-7-9(14)8-11(12(10)15)17(19)20/h3-4,7-8H,1-2,5-6H2. The molecule has 0 N–H and O–H groups in total. The molecule has 7 heteroatoms. The Hall–Kier alpha value is -2.57. The second kappa shape index (κ2) is 6.55. The summed E-state index contributed by atoms with van der Waals surface area (Å²) in [7, 11) is 0. The third-order valence-corrected chi connectivity index (χ3v) is 2.43. The largest absolute Gasteiger partial charge is 0.331 e. The minimum atomic E-state index is -1.36. The molecule has 0 saturated heterocycles. The molecule has 0 aromatic heterocycles. The Bertz CT molecular complexity index is 563. The summed E-state index contributed by atoms with van der Waals surface area (Å²) in [5, 5.41) is 10.6. The van der Waals surface area contributed by atoms with Crippen LogP contribution in [-0.4, -0.2) is 28.8 Å². The van der Waals surface area contributed by atoms with Crippen LogP contribution < -0.4 is 0 Å². The summed E-state index contributed by atoms with van der Waals surface area (Å²) in [6.07, 6.45) is 2.79. The number of carbonyl (C=O) groups excluding carboxylic acids is 1. The van der Waals surface area contributed by atoms with Gasteiger partial charge in [0.05, 0.1) is 16.6 Å². The number of halogens is 2. The Labute approximate surface area is 114 Å². The number of hydrogen-bond donors (Lipinski definition) is 0. The molecule has 1 aromatic carbocycles. The van der Waals surface area contributed by atoms with Crippen molar-refractivity contribution in [2.75, 3.05) is 13.1 Å². The maximum Gasteiger partial charge on any atom is 0.308 e. The molecule has 0 radical (unpaired) electrons. The van der Waals surface area contributed by atoms with Gasteiger partial charge in [-0.3, -0.25) is 14.9 Å². The zero-order valence-corrected chi connectivity index (χ0v) is 10.5. The fraction of sp³-hybridized carbons (Fsp3) is 0.154. The second-order valence-corrected chi connectivity index (χ2v) is 3.83. The summed E-state index contributed by atoms with van der Waals surface area (Å²) < 4.78 is 27.2. The lowest BCUT2D eigenvalue weighted by atomic mass is 10.1. The molecule has 1 amide bonds. The van der Waals surface area contributed by atoms with E-state index in [0.717, 1.165) is 4.90 Å². The monoisotopic (exact) mass is 282 g/mol. The van der Waals surface area contributed by atoms with Crippen LogP contribution in [0.1, 0.15) is 10.4 Å². The van der Waals surface area contributed by atoms with Gasteiger partial charge in [0.1, 0.15) is 5.82 Å². The van der Waals surface area contributed by atoms with Crippen LogP contribution in [-0.2, 0) is 0 Å². The third kappa shape index (κ3) is 3.25. The molecule has 0 heterocycles. The van der Waals surface area contributed by atoms with Crippen molar-refractivity contribution in [2.45, 2.75) is 0 Å². The van der Waals surface area contributed by atoms with Crippen LogP contribution >= 0.6 is 0 Å². The van der Waals surface area contributed by atoms with Crippen molar-refractivity contribution < 1.29 is 18.5 Å². The number of rotatable bonds is 6. The van der Waals surface area contributed by atoms with Crippen molar-refractivity contribution in [1.82, 2.24) is 4.90 Å². The van der Waals surface area contributed by atoms with E-state index in [2.05, 4.69) is 13.2 Å². The van der Waals surface area contributed by atoms with Gasteiger partial charge in [0.15, 0.2) is 0 Å². The highest BCUT2D eigenvalue weighted by Gasteiger charge is 2.26. The molecular weight excluding hydrogens is 270 g/mol. The number of nitro benzene ring substituents is 1. The van der Waals surface area contributed by atoms with E-state index in [1.807, 2.05) is 0 Å². The topological polar surface area (TPSA) is 63.5 Å². The molecule has 0 bridgehead atoms. The minimum absolute atomic E-state index is 0.0780. The van der Waals surface area contributed by atoms with Crippen LogP contribution in [0.3, 0.4) is 0 Å². The van der Waals surface area contributed by atoms with Crippen molar-refractivity contribution in [3.8, 4) is 0 Å². The Balaban J connectivity index is 3.30. The van der Waals surface area contributed by atoms with E-state index in [4.69, 9.17) is 0 Å². The van der Waals surface area contributed by atoms with Crippen molar-refractivity contribution in [1.29, 1.82) is 0 Å². The molecule has 0 unspecified atom stereocenters. The predicted molar refractivity (Wildman–Crippen MR) is 69.3 cm³/mol. The molecule has 0 spiro atoms. The van der Waals surface area contributed by atoms with E-state index in [-0.39, 0.29) is 13.1 Å². The first kappa shape index (κ1) is 15.5. The molecule has 0 aliphatic carbocycles. The van der Waals surface area contributed by atoms with Crippen LogP contribution in [0.5, 0.6) is 0 Å². The summed E-state index contributed by atoms with van der Waals surface area (Å²) in [5.74, 6) is -3.29. The average molecular weight is 282 g/mol. The molecule has 20 heavy (non-hydrogen) atoms. The Morgan fingerprint density at radius 1 is 1.30 bits per heavy atom. The Morgan fingerprint density at radius 3 is 2.30 bits per heavy atom. The van der Waals surface area contributed by atoms with Crippen LogP contribution in [0.15, 0.2) is 37.4 Å². The summed E-state index contributed by atoms with van der Waals surface area (Å²) >= 11 is 0. The van der Waals surface area contributed by atoms with Gasteiger partial charge < -0.3 is 4.90 Å². The first-order valence-corrected chi connectivity index (χ1v) is 5.56. The van der Waals surface area contributed by atoms with Crippen LogP contribution in [0.25, 0.3) is 0 Å². The van der Waals surface area contributed by atoms with Gasteiger partial charge in [-0.15, -0.1) is 13.2 Å². The van der Waals surface area contributed by atoms with Crippen molar-refractivity contribution in [2.24, 2.45) is 0 Å². The third-order valence-electron chi connectivity index (χ3n) is 2.43. The number of amides is 1. The number of carbonyl (C=O) groups is 1. The summed E-state index contributed by atoms with van der Waals surface area (Å²) in [6, 6.07) is 1.06. The summed E-state index contributed by atoms with van der Waals surface area (Å²) in [6.45, 7) is 7.04. The quantitative estimate of drug-likeness (QED) is 0.458. The normalized spacial score (nSPS) is 9.90. The minimum Gasteiger partial charge on any atom is -0.331 e. The smallest absolute Gasteiger partial charge is 0.308 e. The van der Waals surface area contributed by atoms with E-state index in [1.54, 1.807) is 0 Å². The lowest BCUT2D eigenvalue weighted by Gasteiger charge is -2.19. The molecule has 0 fully saturated rings. The lowest BCUT2D eigenvalue weighted by molar-refractivity contribution is -0.387. The van der Waals surface area contributed by atoms with Crippen molar-refractivity contribution >= 4 is 11.6 Å². The highest BCUT2D eigenvalue weighted by atomic mass is 19.1. The van der Waals surface area contributed by atoms with Gasteiger partial charge >= 0.3 is 5.69 Å². The van der Waals surface area contributed by atoms with Crippen molar-refractivity contribution in [3.63, 3.8) is 0 Å². The number of nitrogens with zero attached hydrogens (tertiary/aromatic N) is 2.